The largest absolute Gasteiger partial charge is 0.395 e. The number of β-amino-alcohol motifs (C(OH)–C–C–N with tert-alkyl or cyclic N) is 1. The highest BCUT2D eigenvalue weighted by Crippen LogP contribution is 2.22. The van der Waals surface area contributed by atoms with Gasteiger partial charge in [-0.05, 0) is 30.2 Å². The minimum Gasteiger partial charge on any atom is -0.395 e. The van der Waals surface area contributed by atoms with Crippen molar-refractivity contribution >= 4 is 21.8 Å². The number of halogens is 1. The second-order valence-corrected chi connectivity index (χ2v) is 4.48. The summed E-state index contributed by atoms with van der Waals surface area (Å²) in [6, 6.07) is 5.70. The van der Waals surface area contributed by atoms with Crippen LogP contribution in [0, 0.1) is 0 Å². The summed E-state index contributed by atoms with van der Waals surface area (Å²) in [4.78, 5) is 13.6. The highest BCUT2D eigenvalue weighted by Gasteiger charge is 2.23. The molecular weight excluding hydrogens is 258 g/mol. The topological polar surface area (TPSA) is 40.5 Å². The fourth-order valence-corrected chi connectivity index (χ4v) is 2.25. The third-order valence-electron chi connectivity index (χ3n) is 2.61. The van der Waals surface area contributed by atoms with Crippen molar-refractivity contribution in [1.82, 2.24) is 4.90 Å². The highest BCUT2D eigenvalue weighted by molar-refractivity contribution is 9.10. The molecule has 0 radical (unpaired) electrons. The van der Waals surface area contributed by atoms with Gasteiger partial charge >= 0.3 is 0 Å². The summed E-state index contributed by atoms with van der Waals surface area (Å²) in [5.74, 6) is 0.0257. The van der Waals surface area contributed by atoms with E-state index in [1.165, 1.54) is 0 Å². The van der Waals surface area contributed by atoms with Crippen molar-refractivity contribution in [2.45, 2.75) is 6.42 Å². The molecule has 80 valence electrons. The molecule has 1 aromatic rings. The first-order chi connectivity index (χ1) is 7.22. The van der Waals surface area contributed by atoms with E-state index in [2.05, 4.69) is 15.9 Å². The van der Waals surface area contributed by atoms with E-state index in [-0.39, 0.29) is 12.5 Å². The minimum absolute atomic E-state index is 0.0254. The first-order valence-corrected chi connectivity index (χ1v) is 5.70. The van der Waals surface area contributed by atoms with Crippen LogP contribution in [0.3, 0.4) is 0 Å². The van der Waals surface area contributed by atoms with Gasteiger partial charge in [0.25, 0.3) is 5.91 Å². The van der Waals surface area contributed by atoms with Gasteiger partial charge < -0.3 is 10.0 Å². The zero-order chi connectivity index (χ0) is 10.8. The number of fused-ring (bicyclic) bond motifs is 1. The number of aliphatic hydroxyl groups excluding tert-OH is 1. The molecule has 0 aromatic heterocycles. The first-order valence-electron chi connectivity index (χ1n) is 4.91. The van der Waals surface area contributed by atoms with Crippen LogP contribution in [0.25, 0.3) is 0 Å². The van der Waals surface area contributed by atoms with E-state index in [0.717, 1.165) is 22.0 Å². The summed E-state index contributed by atoms with van der Waals surface area (Å²) < 4.78 is 1.00. The van der Waals surface area contributed by atoms with E-state index in [1.54, 1.807) is 4.90 Å². The maximum Gasteiger partial charge on any atom is 0.254 e. The summed E-state index contributed by atoms with van der Waals surface area (Å²) in [7, 11) is 0. The third kappa shape index (κ3) is 2.06. The molecule has 1 aliphatic heterocycles. The molecule has 0 spiro atoms. The Kier molecular flexibility index (Phi) is 3.07. The second kappa shape index (κ2) is 4.33. The van der Waals surface area contributed by atoms with E-state index in [1.807, 2.05) is 18.2 Å². The van der Waals surface area contributed by atoms with Gasteiger partial charge in [0.05, 0.1) is 6.61 Å². The van der Waals surface area contributed by atoms with E-state index in [4.69, 9.17) is 5.11 Å². The van der Waals surface area contributed by atoms with Gasteiger partial charge in [-0.15, -0.1) is 0 Å². The Morgan fingerprint density at radius 2 is 2.27 bits per heavy atom. The number of hydrogen-bond donors (Lipinski definition) is 1. The molecule has 0 aliphatic carbocycles. The molecule has 1 heterocycles. The zero-order valence-corrected chi connectivity index (χ0v) is 9.83. The van der Waals surface area contributed by atoms with Gasteiger partial charge in [0.1, 0.15) is 0 Å². The van der Waals surface area contributed by atoms with Gasteiger partial charge in [-0.3, -0.25) is 4.79 Å². The average Bonchev–Trinajstić information content (AvgIpc) is 2.22. The summed E-state index contributed by atoms with van der Waals surface area (Å²) in [5.41, 5.74) is 1.85. The highest BCUT2D eigenvalue weighted by atomic mass is 79.9. The van der Waals surface area contributed by atoms with Crippen molar-refractivity contribution in [3.8, 4) is 0 Å². The lowest BCUT2D eigenvalue weighted by atomic mass is 9.99. The SMILES string of the molecule is O=C1c2ccc(Br)cc2CCN1CCO. The smallest absolute Gasteiger partial charge is 0.254 e. The van der Waals surface area contributed by atoms with Crippen molar-refractivity contribution in [3.05, 3.63) is 33.8 Å². The molecule has 1 aliphatic rings. The third-order valence-corrected chi connectivity index (χ3v) is 3.10. The summed E-state index contributed by atoms with van der Waals surface area (Å²) >= 11 is 3.39. The molecule has 1 amide bonds. The number of hydrogen-bond acceptors (Lipinski definition) is 2. The monoisotopic (exact) mass is 269 g/mol. The molecule has 0 saturated carbocycles. The maximum absolute atomic E-state index is 11.9. The average molecular weight is 270 g/mol. The number of benzene rings is 1. The van der Waals surface area contributed by atoms with Crippen LogP contribution in [0.2, 0.25) is 0 Å². The van der Waals surface area contributed by atoms with Crippen LogP contribution in [0.1, 0.15) is 15.9 Å². The van der Waals surface area contributed by atoms with Crippen molar-refractivity contribution in [2.75, 3.05) is 19.7 Å². The van der Waals surface area contributed by atoms with Crippen molar-refractivity contribution in [1.29, 1.82) is 0 Å². The van der Waals surface area contributed by atoms with E-state index >= 15 is 0 Å². The van der Waals surface area contributed by atoms with Crippen LogP contribution in [-0.2, 0) is 6.42 Å². The molecule has 2 rings (SSSR count). The van der Waals surface area contributed by atoms with Crippen LogP contribution >= 0.6 is 15.9 Å². The van der Waals surface area contributed by atoms with E-state index in [9.17, 15) is 4.79 Å². The number of carbonyl (C=O) groups excluding carboxylic acids is 1. The molecule has 1 aromatic carbocycles. The second-order valence-electron chi connectivity index (χ2n) is 3.57. The lowest BCUT2D eigenvalue weighted by Gasteiger charge is -2.27. The van der Waals surface area contributed by atoms with Gasteiger partial charge in [-0.1, -0.05) is 15.9 Å². The quantitative estimate of drug-likeness (QED) is 0.883. The Labute approximate surface area is 96.8 Å². The first kappa shape index (κ1) is 10.6. The van der Waals surface area contributed by atoms with Crippen molar-refractivity contribution in [3.63, 3.8) is 0 Å². The van der Waals surface area contributed by atoms with Crippen molar-refractivity contribution in [2.24, 2.45) is 0 Å². The normalized spacial score (nSPS) is 15.3. The van der Waals surface area contributed by atoms with Gasteiger partial charge in [0.2, 0.25) is 0 Å². The number of carbonyl (C=O) groups is 1. The number of amides is 1. The fraction of sp³-hybridized carbons (Fsp3) is 0.364. The van der Waals surface area contributed by atoms with Crippen molar-refractivity contribution < 1.29 is 9.90 Å². The molecule has 3 nitrogen and oxygen atoms in total. The molecule has 1 N–H and O–H groups in total. The molecule has 0 atom stereocenters. The Morgan fingerprint density at radius 1 is 1.47 bits per heavy atom. The summed E-state index contributed by atoms with van der Waals surface area (Å²) in [6.07, 6.45) is 0.862. The molecule has 4 heteroatoms. The van der Waals surface area contributed by atoms with Gasteiger partial charge in [-0.25, -0.2) is 0 Å². The molecule has 0 bridgehead atoms. The number of rotatable bonds is 2. The Morgan fingerprint density at radius 3 is 3.00 bits per heavy atom. The Bertz CT molecular complexity index is 392. The van der Waals surface area contributed by atoms with E-state index in [0.29, 0.717) is 13.1 Å². The molecule has 15 heavy (non-hydrogen) atoms. The molecule has 0 saturated heterocycles. The Balaban J connectivity index is 2.30. The van der Waals surface area contributed by atoms with Crippen LogP contribution in [0.15, 0.2) is 22.7 Å². The van der Waals surface area contributed by atoms with Gasteiger partial charge in [0, 0.05) is 23.1 Å². The van der Waals surface area contributed by atoms with E-state index < -0.39 is 0 Å². The Hall–Kier alpha value is -0.870. The maximum atomic E-state index is 11.9. The minimum atomic E-state index is 0.0254. The molecule has 0 unspecified atom stereocenters. The molecule has 0 fully saturated rings. The predicted molar refractivity (Wildman–Crippen MR) is 60.8 cm³/mol. The number of aliphatic hydroxyl groups is 1. The fourth-order valence-electron chi connectivity index (χ4n) is 1.84. The summed E-state index contributed by atoms with van der Waals surface area (Å²) in [6.45, 7) is 1.15. The molecular formula is C11H12BrNO2. The summed E-state index contributed by atoms with van der Waals surface area (Å²) in [5, 5.41) is 8.83. The van der Waals surface area contributed by atoms with Crippen LogP contribution in [-0.4, -0.2) is 35.6 Å². The van der Waals surface area contributed by atoms with Gasteiger partial charge in [0.15, 0.2) is 0 Å². The predicted octanol–water partition coefficient (Wildman–Crippen LogP) is 1.44. The lowest BCUT2D eigenvalue weighted by Crippen LogP contribution is -2.39. The number of nitrogens with zero attached hydrogens (tertiary/aromatic N) is 1. The van der Waals surface area contributed by atoms with Gasteiger partial charge in [-0.2, -0.15) is 0 Å². The van der Waals surface area contributed by atoms with Crippen LogP contribution in [0.4, 0.5) is 0 Å². The standard InChI is InChI=1S/C11H12BrNO2/c12-9-1-2-10-8(7-9)3-4-13(5-6-14)11(10)15/h1-2,7,14H,3-6H2. The zero-order valence-electron chi connectivity index (χ0n) is 8.24. The lowest BCUT2D eigenvalue weighted by molar-refractivity contribution is 0.0705. The van der Waals surface area contributed by atoms with Crippen LogP contribution < -0.4 is 0 Å². The van der Waals surface area contributed by atoms with Crippen LogP contribution in [0.5, 0.6) is 0 Å².